The van der Waals surface area contributed by atoms with Gasteiger partial charge in [-0.05, 0) is 45.6 Å². The van der Waals surface area contributed by atoms with Crippen LogP contribution in [0.3, 0.4) is 0 Å². The van der Waals surface area contributed by atoms with E-state index in [0.29, 0.717) is 0 Å². The molecule has 1 heterocycles. The third-order valence-electron chi connectivity index (χ3n) is 2.95. The quantitative estimate of drug-likeness (QED) is 0.932. The number of pyridine rings is 1. The number of benzene rings is 1. The lowest BCUT2D eigenvalue weighted by atomic mass is 10.0. The van der Waals surface area contributed by atoms with Crippen molar-refractivity contribution in [1.29, 1.82) is 0 Å². The van der Waals surface area contributed by atoms with E-state index in [0.717, 1.165) is 22.2 Å². The summed E-state index contributed by atoms with van der Waals surface area (Å²) in [6.45, 7) is 2.19. The average Bonchev–Trinajstić information content (AvgIpc) is 2.40. The summed E-state index contributed by atoms with van der Waals surface area (Å²) in [6, 6.07) is 12.3. The maximum absolute atomic E-state index is 6.21. The maximum atomic E-state index is 6.21. The summed E-state index contributed by atoms with van der Waals surface area (Å²) in [5.74, 6) is 0. The van der Waals surface area contributed by atoms with Gasteiger partial charge in [0.2, 0.25) is 0 Å². The van der Waals surface area contributed by atoms with E-state index in [4.69, 9.17) is 5.73 Å². The van der Waals surface area contributed by atoms with Gasteiger partial charge < -0.3 is 5.73 Å². The number of hydrogen-bond acceptors (Lipinski definition) is 2. The lowest BCUT2D eigenvalue weighted by molar-refractivity contribution is 0.825. The highest BCUT2D eigenvalue weighted by Crippen LogP contribution is 2.20. The Balaban J connectivity index is 2.17. The van der Waals surface area contributed by atoms with Gasteiger partial charge in [-0.2, -0.15) is 0 Å². The van der Waals surface area contributed by atoms with Crippen LogP contribution in [0, 0.1) is 0 Å². The Hall–Kier alpha value is -1.19. The minimum atomic E-state index is -0.159. The predicted octanol–water partition coefficient (Wildman–Crippen LogP) is 3.84. The Bertz CT molecular complexity index is 491. The molecule has 0 aliphatic heterocycles. The molecule has 1 aromatic carbocycles. The number of nitrogens with zero attached hydrogens (tertiary/aromatic N) is 1. The van der Waals surface area contributed by atoms with Crippen LogP contribution in [0.5, 0.6) is 0 Å². The monoisotopic (exact) mass is 304 g/mol. The summed E-state index contributed by atoms with van der Waals surface area (Å²) < 4.78 is 0.969. The SMILES string of the molecule is CCCc1ccc(C(N)c2ccc(Br)cn2)cc1. The summed E-state index contributed by atoms with van der Waals surface area (Å²) in [5.41, 5.74) is 9.56. The third-order valence-corrected chi connectivity index (χ3v) is 3.42. The molecule has 0 saturated carbocycles. The lowest BCUT2D eigenvalue weighted by Gasteiger charge is -2.12. The first-order valence-corrected chi connectivity index (χ1v) is 6.96. The zero-order valence-corrected chi connectivity index (χ0v) is 12.0. The zero-order valence-electron chi connectivity index (χ0n) is 10.4. The van der Waals surface area contributed by atoms with Crippen LogP contribution in [0.25, 0.3) is 0 Å². The number of aromatic nitrogens is 1. The van der Waals surface area contributed by atoms with Gasteiger partial charge >= 0.3 is 0 Å². The van der Waals surface area contributed by atoms with Gasteiger partial charge in [0.1, 0.15) is 0 Å². The highest BCUT2D eigenvalue weighted by atomic mass is 79.9. The molecular weight excluding hydrogens is 288 g/mol. The molecule has 94 valence electrons. The number of rotatable bonds is 4. The molecule has 2 rings (SSSR count). The van der Waals surface area contributed by atoms with E-state index in [-0.39, 0.29) is 6.04 Å². The van der Waals surface area contributed by atoms with Crippen LogP contribution in [-0.4, -0.2) is 4.98 Å². The number of halogens is 1. The highest BCUT2D eigenvalue weighted by molar-refractivity contribution is 9.10. The Morgan fingerprint density at radius 3 is 2.44 bits per heavy atom. The Kier molecular flexibility index (Phi) is 4.50. The molecule has 0 bridgehead atoms. The summed E-state index contributed by atoms with van der Waals surface area (Å²) in [7, 11) is 0. The molecule has 18 heavy (non-hydrogen) atoms. The van der Waals surface area contributed by atoms with Crippen LogP contribution in [-0.2, 0) is 6.42 Å². The zero-order chi connectivity index (χ0) is 13.0. The molecule has 0 spiro atoms. The topological polar surface area (TPSA) is 38.9 Å². The van der Waals surface area contributed by atoms with E-state index < -0.39 is 0 Å². The van der Waals surface area contributed by atoms with Crippen LogP contribution in [0.1, 0.15) is 36.2 Å². The largest absolute Gasteiger partial charge is 0.319 e. The van der Waals surface area contributed by atoms with Gasteiger partial charge in [0.05, 0.1) is 11.7 Å². The Morgan fingerprint density at radius 1 is 1.17 bits per heavy atom. The van der Waals surface area contributed by atoms with Gasteiger partial charge in [0.15, 0.2) is 0 Å². The molecule has 3 heteroatoms. The van der Waals surface area contributed by atoms with Crippen molar-refractivity contribution in [2.75, 3.05) is 0 Å². The number of hydrogen-bond donors (Lipinski definition) is 1. The van der Waals surface area contributed by atoms with Crippen LogP contribution in [0.15, 0.2) is 47.1 Å². The average molecular weight is 305 g/mol. The van der Waals surface area contributed by atoms with Crippen molar-refractivity contribution in [3.05, 3.63) is 63.9 Å². The van der Waals surface area contributed by atoms with Crippen molar-refractivity contribution in [2.24, 2.45) is 5.73 Å². The van der Waals surface area contributed by atoms with Crippen molar-refractivity contribution < 1.29 is 0 Å². The fourth-order valence-corrected chi connectivity index (χ4v) is 2.16. The van der Waals surface area contributed by atoms with Crippen LogP contribution >= 0.6 is 15.9 Å². The van der Waals surface area contributed by atoms with Crippen LogP contribution < -0.4 is 5.73 Å². The first-order valence-electron chi connectivity index (χ1n) is 6.16. The van der Waals surface area contributed by atoms with Crippen molar-refractivity contribution in [2.45, 2.75) is 25.8 Å². The van der Waals surface area contributed by atoms with E-state index in [1.54, 1.807) is 6.20 Å². The molecule has 2 N–H and O–H groups in total. The Labute approximate surface area is 116 Å². The number of aryl methyl sites for hydroxylation is 1. The van der Waals surface area contributed by atoms with E-state index >= 15 is 0 Å². The fraction of sp³-hybridized carbons (Fsp3) is 0.267. The molecule has 0 fully saturated rings. The summed E-state index contributed by atoms with van der Waals surface area (Å²) in [5, 5.41) is 0. The van der Waals surface area contributed by atoms with Gasteiger partial charge in [-0.1, -0.05) is 37.6 Å². The van der Waals surface area contributed by atoms with Crippen molar-refractivity contribution >= 4 is 15.9 Å². The van der Waals surface area contributed by atoms with Crippen molar-refractivity contribution in [1.82, 2.24) is 4.98 Å². The predicted molar refractivity (Wildman–Crippen MR) is 78.4 cm³/mol. The molecule has 0 aliphatic carbocycles. The van der Waals surface area contributed by atoms with E-state index in [2.05, 4.69) is 52.1 Å². The lowest BCUT2D eigenvalue weighted by Crippen LogP contribution is -2.13. The second-order valence-electron chi connectivity index (χ2n) is 4.37. The van der Waals surface area contributed by atoms with Gasteiger partial charge in [0.25, 0.3) is 0 Å². The second-order valence-corrected chi connectivity index (χ2v) is 5.29. The van der Waals surface area contributed by atoms with Gasteiger partial charge in [-0.15, -0.1) is 0 Å². The van der Waals surface area contributed by atoms with Gasteiger partial charge in [-0.3, -0.25) is 4.98 Å². The molecule has 0 aliphatic rings. The molecule has 0 radical (unpaired) electrons. The summed E-state index contributed by atoms with van der Waals surface area (Å²) in [4.78, 5) is 4.34. The van der Waals surface area contributed by atoms with Crippen molar-refractivity contribution in [3.63, 3.8) is 0 Å². The molecule has 0 amide bonds. The smallest absolute Gasteiger partial charge is 0.0726 e. The number of nitrogens with two attached hydrogens (primary N) is 1. The fourth-order valence-electron chi connectivity index (χ4n) is 1.92. The Morgan fingerprint density at radius 2 is 1.89 bits per heavy atom. The maximum Gasteiger partial charge on any atom is 0.0726 e. The molecule has 2 aromatic rings. The minimum absolute atomic E-state index is 0.159. The van der Waals surface area contributed by atoms with E-state index in [9.17, 15) is 0 Å². The third kappa shape index (κ3) is 3.18. The first-order chi connectivity index (χ1) is 8.70. The van der Waals surface area contributed by atoms with Crippen LogP contribution in [0.4, 0.5) is 0 Å². The minimum Gasteiger partial charge on any atom is -0.319 e. The second kappa shape index (κ2) is 6.12. The van der Waals surface area contributed by atoms with E-state index in [1.165, 1.54) is 12.0 Å². The molecule has 2 nitrogen and oxygen atoms in total. The molecule has 0 saturated heterocycles. The van der Waals surface area contributed by atoms with Crippen molar-refractivity contribution in [3.8, 4) is 0 Å². The van der Waals surface area contributed by atoms with E-state index in [1.807, 2.05) is 12.1 Å². The first kappa shape index (κ1) is 13.2. The van der Waals surface area contributed by atoms with Crippen LogP contribution in [0.2, 0.25) is 0 Å². The van der Waals surface area contributed by atoms with Gasteiger partial charge in [-0.25, -0.2) is 0 Å². The molecule has 1 atom stereocenters. The molecular formula is C15H17BrN2. The van der Waals surface area contributed by atoms with Gasteiger partial charge in [0, 0.05) is 10.7 Å². The normalized spacial score (nSPS) is 12.4. The molecule has 1 aromatic heterocycles. The standard InChI is InChI=1S/C15H17BrN2/c1-2-3-11-4-6-12(7-5-11)15(17)14-9-8-13(16)10-18-14/h4-10,15H,2-3,17H2,1H3. The molecule has 1 unspecified atom stereocenters. The summed E-state index contributed by atoms with van der Waals surface area (Å²) in [6.07, 6.45) is 4.06. The highest BCUT2D eigenvalue weighted by Gasteiger charge is 2.09. The summed E-state index contributed by atoms with van der Waals surface area (Å²) >= 11 is 3.37.